The summed E-state index contributed by atoms with van der Waals surface area (Å²) in [7, 11) is -9.70. The minimum absolute atomic E-state index is 0. The molecule has 12 heterocycles. The third-order valence-corrected chi connectivity index (χ3v) is 41.7. The van der Waals surface area contributed by atoms with E-state index in [9.17, 15) is 0 Å². The molecule has 0 fully saturated rings. The molecule has 0 saturated carbocycles. The van der Waals surface area contributed by atoms with Crippen LogP contribution in [0, 0.1) is 48.5 Å². The van der Waals surface area contributed by atoms with Crippen LogP contribution in [-0.4, -0.2) is 72.2 Å². The molecular weight excluding hydrogens is 2460 g/mol. The van der Waals surface area contributed by atoms with Crippen LogP contribution in [0.2, 0.25) is 26.2 Å². The van der Waals surface area contributed by atoms with Crippen molar-refractivity contribution < 1.29 is 109 Å². The number of hydrogen-bond acceptors (Lipinski definition) is 12. The Labute approximate surface area is 859 Å². The Kier molecular flexibility index (Phi) is 27.2. The van der Waals surface area contributed by atoms with Crippen LogP contribution in [-0.2, 0) is 84.3 Å². The van der Waals surface area contributed by atoms with Crippen molar-refractivity contribution in [1.82, 2.24) is 39.9 Å². The monoisotopic (exact) mass is 2540 g/mol. The van der Waals surface area contributed by atoms with Gasteiger partial charge in [-0.2, -0.15) is 97.1 Å². The number of aromatic nitrogens is 8. The van der Waals surface area contributed by atoms with Crippen LogP contribution in [0.5, 0.6) is 46.5 Å². The first-order valence-electron chi connectivity index (χ1n) is 45.4. The van der Waals surface area contributed by atoms with E-state index in [1.807, 2.05) is 182 Å². The summed E-state index contributed by atoms with van der Waals surface area (Å²) in [6.45, 7) is 9.23. The van der Waals surface area contributed by atoms with E-state index in [0.717, 1.165) is 71.0 Å². The quantitative estimate of drug-likeness (QED) is 0.0672. The zero-order valence-corrected chi connectivity index (χ0v) is 86.5. The maximum atomic E-state index is 8.63. The third-order valence-electron chi connectivity index (χ3n) is 24.9. The fraction of sp³-hybridized carbons (Fsp3) is 0.0345. The van der Waals surface area contributed by atoms with Gasteiger partial charge in [-0.1, -0.05) is 215 Å². The van der Waals surface area contributed by atoms with Gasteiger partial charge >= 0.3 is 84.3 Å². The molecule has 4 aliphatic rings. The van der Waals surface area contributed by atoms with Gasteiger partial charge in [-0.05, 0) is 72.7 Å². The summed E-state index contributed by atoms with van der Waals surface area (Å²) in [5.41, 5.74) is 17.2. The predicted molar refractivity (Wildman–Crippen MR) is 536 cm³/mol. The summed E-state index contributed by atoms with van der Waals surface area (Å²) < 4.78 is 56.5. The molecule has 8 aromatic heterocycles. The third kappa shape index (κ3) is 18.4. The van der Waals surface area contributed by atoms with Crippen molar-refractivity contribution in [3.8, 4) is 136 Å². The van der Waals surface area contributed by atoms with Gasteiger partial charge in [0.2, 0.25) is 23.5 Å². The molecule has 0 radical (unpaired) electrons. The molecule has 0 bridgehead atoms. The first-order valence-corrected chi connectivity index (χ1v) is 53.4. The number of benzene rings is 12. The summed E-state index contributed by atoms with van der Waals surface area (Å²) in [6, 6.07) is 144. The molecule has 136 heavy (non-hydrogen) atoms. The minimum Gasteiger partial charge on any atom is -0.460 e. The Hall–Kier alpha value is -13.3. The SMILES string of the molecule is [2H]c1ccc([Si]2(C)c3[c-]c(-c4[c-]c(Oc5ccccn5)ccc4)ccc3-c3ccccc32)nc1.[2H]c1cccc([Si]2(C)c3[c-]c(-c4[c-]c(Oc5ccccn5)ccc4)ccc3-c3ccccc32)n1.[2H]c1cccnc1[Si]1(C)c2[c-]c(-c3[c-]c(Oc4ccccn4)ccc3)ccc2-c2ccccc21.[2H]c1ccnc([Si]2(C)c3[c-]c(-c4[c-]c(Oc5ccccn5)ccc4)ccc3-c3ccccc32)c1.[Pt+2].[Pt+2].[Pt+2].[Pt+2]. The number of hydrogen-bond donors (Lipinski definition) is 0. The summed E-state index contributed by atoms with van der Waals surface area (Å²) in [5.74, 6) is 4.56. The summed E-state index contributed by atoms with van der Waals surface area (Å²) >= 11 is 0. The summed E-state index contributed by atoms with van der Waals surface area (Å²) in [4.78, 5) is 35.8. The first-order chi connectivity index (χ1) is 66.5. The van der Waals surface area contributed by atoms with E-state index >= 15 is 0 Å². The summed E-state index contributed by atoms with van der Waals surface area (Å²) in [5, 5.41) is 13.9. The van der Waals surface area contributed by atoms with E-state index in [4.69, 9.17) is 39.4 Å². The maximum Gasteiger partial charge on any atom is 2.00 e. The standard InChI is InChI=1S/4C29H20N2OSi.4Pt/c4*1-33(29-14-5-7-18-31-29)26-12-3-2-11-24(26)25-16-15-22(20-27(25)33)21-9-8-10-23(19-21)32-28-13-4-6-17-30-28;;;;/h4*2-18H,1H3;;;;/q4*-2;4*+2/i18D;14D;7D;5D;;;;. The van der Waals surface area contributed by atoms with E-state index in [1.165, 1.54) is 80.8 Å². The second-order valence-corrected chi connectivity index (χ2v) is 47.9. The zero-order valence-electron chi connectivity index (χ0n) is 77.4. The molecule has 20 aromatic rings. The maximum absolute atomic E-state index is 8.63. The van der Waals surface area contributed by atoms with Gasteiger partial charge in [0.1, 0.15) is 32.3 Å². The molecule has 4 unspecified atom stereocenters. The molecule has 24 rings (SSSR count). The van der Waals surface area contributed by atoms with Crippen molar-refractivity contribution in [1.29, 1.82) is 0 Å². The van der Waals surface area contributed by atoms with Gasteiger partial charge < -0.3 is 18.9 Å². The van der Waals surface area contributed by atoms with Gasteiger partial charge in [0.05, 0.1) is 5.48 Å². The van der Waals surface area contributed by atoms with E-state index < -0.39 is 32.3 Å². The molecule has 0 N–H and O–H groups in total. The van der Waals surface area contributed by atoms with Crippen molar-refractivity contribution in [3.05, 3.63) is 462 Å². The topological polar surface area (TPSA) is 140 Å². The molecule has 4 aliphatic heterocycles. The van der Waals surface area contributed by atoms with Gasteiger partial charge in [-0.25, -0.2) is 64.4 Å². The molecule has 20 heteroatoms. The number of ether oxygens (including phenoxy) is 4. The molecule has 664 valence electrons. The van der Waals surface area contributed by atoms with Crippen molar-refractivity contribution in [3.63, 3.8) is 0 Å². The number of fused-ring (bicyclic) bond motifs is 12. The van der Waals surface area contributed by atoms with Crippen LogP contribution in [0.4, 0.5) is 0 Å². The number of pyridine rings is 8. The second-order valence-electron chi connectivity index (χ2n) is 32.7. The van der Waals surface area contributed by atoms with Gasteiger partial charge in [0, 0.05) is 118 Å². The molecule has 0 saturated heterocycles. The second kappa shape index (κ2) is 41.5. The van der Waals surface area contributed by atoms with Crippen LogP contribution < -0.4 is 81.7 Å². The van der Waals surface area contributed by atoms with E-state index in [1.54, 1.807) is 55.5 Å². The Morgan fingerprint density at radius 2 is 0.485 bits per heavy atom. The summed E-state index contributed by atoms with van der Waals surface area (Å²) in [6.07, 6.45) is 12.3. The molecule has 0 aliphatic carbocycles. The normalized spacial score (nSPS) is 16.1. The fourth-order valence-corrected chi connectivity index (χ4v) is 33.8. The van der Waals surface area contributed by atoms with Crippen LogP contribution in [0.3, 0.4) is 0 Å². The Balaban J connectivity index is 0.000000128. The molecule has 0 amide bonds. The average molecular weight is 2550 g/mol. The molecule has 4 atom stereocenters. The Bertz CT molecular complexity index is 7720. The van der Waals surface area contributed by atoms with Gasteiger partial charge in [-0.15, -0.1) is 116 Å². The molecular formula is C116H80N8O4Pt4Si4. The molecule has 0 spiro atoms. The van der Waals surface area contributed by atoms with E-state index in [0.29, 0.717) is 70.8 Å². The minimum atomic E-state index is -2.50. The number of nitrogens with zero attached hydrogens (tertiary/aromatic N) is 8. The largest absolute Gasteiger partial charge is 2.00 e. The average Bonchev–Trinajstić information content (AvgIpc) is 1.58. The van der Waals surface area contributed by atoms with Gasteiger partial charge in [0.25, 0.3) is 0 Å². The van der Waals surface area contributed by atoms with Gasteiger partial charge in [0.15, 0.2) is 0 Å². The first kappa shape index (κ1) is 89.2. The Morgan fingerprint density at radius 3 is 0.809 bits per heavy atom. The van der Waals surface area contributed by atoms with Crippen LogP contribution in [0.1, 0.15) is 5.48 Å². The molecule has 12 nitrogen and oxygen atoms in total. The van der Waals surface area contributed by atoms with E-state index in [2.05, 4.69) is 251 Å². The van der Waals surface area contributed by atoms with E-state index in [-0.39, 0.29) is 84.3 Å². The van der Waals surface area contributed by atoms with Crippen molar-refractivity contribution in [2.75, 3.05) is 0 Å². The number of rotatable bonds is 16. The van der Waals surface area contributed by atoms with Crippen molar-refractivity contribution in [2.24, 2.45) is 0 Å². The van der Waals surface area contributed by atoms with Crippen LogP contribution in [0.15, 0.2) is 413 Å². The van der Waals surface area contributed by atoms with Gasteiger partial charge in [-0.3, -0.25) is 19.9 Å². The predicted octanol–water partition coefficient (Wildman–Crippen LogP) is 18.5. The van der Waals surface area contributed by atoms with Crippen molar-refractivity contribution >= 4 is 95.1 Å². The smallest absolute Gasteiger partial charge is 0.460 e. The fourth-order valence-electron chi connectivity index (χ4n) is 18.4. The van der Waals surface area contributed by atoms with Crippen molar-refractivity contribution in [2.45, 2.75) is 26.2 Å². The zero-order chi connectivity index (χ0) is 92.5. The molecule has 12 aromatic carbocycles. The van der Waals surface area contributed by atoms with Crippen LogP contribution in [0.25, 0.3) is 89.0 Å². The van der Waals surface area contributed by atoms with Crippen LogP contribution >= 0.6 is 0 Å². The Morgan fingerprint density at radius 1 is 0.206 bits per heavy atom.